The molecule has 0 radical (unpaired) electrons. The van der Waals surface area contributed by atoms with E-state index in [1.807, 2.05) is 38.1 Å². The molecule has 0 unspecified atom stereocenters. The molecule has 4 rings (SSSR count). The van der Waals surface area contributed by atoms with Gasteiger partial charge in [0.2, 0.25) is 5.91 Å². The molecule has 0 saturated carbocycles. The number of hydrogen-bond donors (Lipinski definition) is 2. The van der Waals surface area contributed by atoms with E-state index in [4.69, 9.17) is 22.3 Å². The Labute approximate surface area is 222 Å². The van der Waals surface area contributed by atoms with E-state index in [2.05, 4.69) is 33.9 Å². The van der Waals surface area contributed by atoms with Gasteiger partial charge >= 0.3 is 0 Å². The van der Waals surface area contributed by atoms with Crippen LogP contribution in [0.4, 0.5) is 0 Å². The first-order valence-corrected chi connectivity index (χ1v) is 13.9. The predicted molar refractivity (Wildman–Crippen MR) is 148 cm³/mol. The molecule has 36 heavy (non-hydrogen) atoms. The second-order valence-corrected chi connectivity index (χ2v) is 11.0. The van der Waals surface area contributed by atoms with Gasteiger partial charge in [0.1, 0.15) is 16.9 Å². The third kappa shape index (κ3) is 5.26. The highest BCUT2D eigenvalue weighted by atomic mass is 35.5. The fraction of sp³-hybridized carbons (Fsp3) is 0.481. The number of unbranched alkanes of at least 4 members (excludes halogenated alkanes) is 3. The summed E-state index contributed by atoms with van der Waals surface area (Å²) in [7, 11) is 0. The molecule has 1 aliphatic rings. The lowest BCUT2D eigenvalue weighted by Crippen LogP contribution is -2.35. The van der Waals surface area contributed by atoms with E-state index >= 15 is 0 Å². The van der Waals surface area contributed by atoms with Crippen molar-refractivity contribution < 1.29 is 4.79 Å². The maximum atomic E-state index is 13.4. The van der Waals surface area contributed by atoms with Gasteiger partial charge < -0.3 is 11.1 Å². The van der Waals surface area contributed by atoms with Crippen LogP contribution >= 0.6 is 22.9 Å². The average molecular weight is 527 g/mol. The summed E-state index contributed by atoms with van der Waals surface area (Å²) < 4.78 is 2.10. The number of hydrogen-bond acceptors (Lipinski definition) is 6. The van der Waals surface area contributed by atoms with E-state index in [9.17, 15) is 4.79 Å². The molecule has 1 aromatic carbocycles. The van der Waals surface area contributed by atoms with E-state index in [0.29, 0.717) is 30.4 Å². The van der Waals surface area contributed by atoms with Crippen LogP contribution in [-0.2, 0) is 4.79 Å². The SMILES string of the molecule is CC[C@@H](C(=O)NCCCCCCN)[C@@H]1N=C(c2ccc(Cl)cc2)c2c(sc(C)c2C)-n2c(C)nnc21. The van der Waals surface area contributed by atoms with Gasteiger partial charge in [-0.05, 0) is 64.3 Å². The van der Waals surface area contributed by atoms with Crippen molar-refractivity contribution >= 4 is 34.6 Å². The second-order valence-electron chi connectivity index (χ2n) is 9.34. The molecule has 9 heteroatoms. The van der Waals surface area contributed by atoms with Crippen molar-refractivity contribution in [3.8, 4) is 5.00 Å². The highest BCUT2D eigenvalue weighted by molar-refractivity contribution is 7.15. The molecular weight excluding hydrogens is 492 g/mol. The van der Waals surface area contributed by atoms with Crippen molar-refractivity contribution in [2.24, 2.45) is 16.6 Å². The summed E-state index contributed by atoms with van der Waals surface area (Å²) in [5, 5.41) is 13.8. The number of amides is 1. The monoisotopic (exact) mass is 526 g/mol. The topological polar surface area (TPSA) is 98.2 Å². The highest BCUT2D eigenvalue weighted by Gasteiger charge is 2.37. The summed E-state index contributed by atoms with van der Waals surface area (Å²) in [6, 6.07) is 7.30. The van der Waals surface area contributed by atoms with Crippen LogP contribution in [0.2, 0.25) is 5.02 Å². The van der Waals surface area contributed by atoms with E-state index in [-0.39, 0.29) is 11.8 Å². The number of aryl methyl sites for hydroxylation is 2. The number of rotatable bonds is 10. The summed E-state index contributed by atoms with van der Waals surface area (Å²) >= 11 is 7.92. The standard InChI is InChI=1S/C27H35ClN6OS/c1-5-21(26(35)30-15-9-7-6-8-14-29)24-25-33-32-18(4)34(25)27-22(16(2)17(3)36-27)23(31-24)19-10-12-20(28)13-11-19/h10-13,21,24H,5-9,14-15,29H2,1-4H3,(H,30,35)/t21-,24+/m1/s1. The Morgan fingerprint density at radius 2 is 1.86 bits per heavy atom. The minimum absolute atomic E-state index is 0.00545. The zero-order valence-corrected chi connectivity index (χ0v) is 23.0. The third-order valence-electron chi connectivity index (χ3n) is 6.89. The molecule has 0 aliphatic carbocycles. The van der Waals surface area contributed by atoms with E-state index in [1.54, 1.807) is 11.3 Å². The Morgan fingerprint density at radius 3 is 2.56 bits per heavy atom. The molecule has 0 spiro atoms. The maximum Gasteiger partial charge on any atom is 0.225 e. The lowest BCUT2D eigenvalue weighted by Gasteiger charge is -2.22. The number of nitrogens with one attached hydrogen (secondary N) is 1. The quantitative estimate of drug-likeness (QED) is 0.343. The molecule has 3 N–H and O–H groups in total. The Hall–Kier alpha value is -2.55. The van der Waals surface area contributed by atoms with Gasteiger partial charge in [-0.1, -0.05) is 43.5 Å². The Balaban J connectivity index is 1.76. The molecule has 0 saturated heterocycles. The fourth-order valence-corrected chi connectivity index (χ4v) is 6.08. The van der Waals surface area contributed by atoms with Crippen molar-refractivity contribution in [2.45, 2.75) is 65.8 Å². The third-order valence-corrected chi connectivity index (χ3v) is 8.34. The van der Waals surface area contributed by atoms with E-state index in [1.165, 1.54) is 10.4 Å². The highest BCUT2D eigenvalue weighted by Crippen LogP contribution is 2.41. The van der Waals surface area contributed by atoms with Gasteiger partial charge in [0, 0.05) is 27.6 Å². The molecule has 1 aliphatic heterocycles. The van der Waals surface area contributed by atoms with Crippen LogP contribution in [0.15, 0.2) is 29.3 Å². The van der Waals surface area contributed by atoms with Gasteiger partial charge in [0.15, 0.2) is 5.82 Å². The number of nitrogens with zero attached hydrogens (tertiary/aromatic N) is 4. The maximum absolute atomic E-state index is 13.4. The number of fused-ring (bicyclic) bond motifs is 3. The van der Waals surface area contributed by atoms with E-state index < -0.39 is 6.04 Å². The fourth-order valence-electron chi connectivity index (χ4n) is 4.74. The molecule has 1 amide bonds. The molecule has 2 aromatic heterocycles. The second kappa shape index (κ2) is 11.7. The Morgan fingerprint density at radius 1 is 1.14 bits per heavy atom. The van der Waals surface area contributed by atoms with Crippen molar-refractivity contribution in [1.29, 1.82) is 0 Å². The minimum Gasteiger partial charge on any atom is -0.356 e. The zero-order valence-electron chi connectivity index (χ0n) is 21.5. The number of carbonyl (C=O) groups is 1. The van der Waals surface area contributed by atoms with Gasteiger partial charge in [0.05, 0.1) is 11.6 Å². The molecule has 2 atom stereocenters. The first kappa shape index (κ1) is 26.5. The summed E-state index contributed by atoms with van der Waals surface area (Å²) in [5.41, 5.74) is 9.67. The lowest BCUT2D eigenvalue weighted by atomic mass is 9.94. The molecule has 3 heterocycles. The Kier molecular flexibility index (Phi) is 8.59. The Bertz CT molecular complexity index is 1250. The summed E-state index contributed by atoms with van der Waals surface area (Å²) in [5.74, 6) is 1.14. The van der Waals surface area contributed by atoms with Crippen LogP contribution < -0.4 is 11.1 Å². The smallest absolute Gasteiger partial charge is 0.225 e. The number of benzene rings is 1. The molecule has 192 valence electrons. The number of thiophene rings is 1. The van der Waals surface area contributed by atoms with Gasteiger partial charge in [0.25, 0.3) is 0 Å². The molecular formula is C27H35ClN6OS. The molecule has 0 fully saturated rings. The minimum atomic E-state index is -0.460. The van der Waals surface area contributed by atoms with Gasteiger partial charge in [-0.3, -0.25) is 14.4 Å². The van der Waals surface area contributed by atoms with Crippen molar-refractivity contribution in [1.82, 2.24) is 20.1 Å². The largest absolute Gasteiger partial charge is 0.356 e. The first-order valence-electron chi connectivity index (χ1n) is 12.7. The van der Waals surface area contributed by atoms with Crippen LogP contribution in [0, 0.1) is 26.7 Å². The van der Waals surface area contributed by atoms with Crippen molar-refractivity contribution in [3.05, 3.63) is 62.5 Å². The molecule has 3 aromatic rings. The number of aliphatic imine (C=N–C) groups is 1. The van der Waals surface area contributed by atoms with Crippen LogP contribution in [0.5, 0.6) is 0 Å². The van der Waals surface area contributed by atoms with Crippen molar-refractivity contribution in [2.75, 3.05) is 13.1 Å². The molecule has 7 nitrogen and oxygen atoms in total. The first-order chi connectivity index (χ1) is 17.4. The lowest BCUT2D eigenvalue weighted by molar-refractivity contribution is -0.125. The van der Waals surface area contributed by atoms with Crippen molar-refractivity contribution in [3.63, 3.8) is 0 Å². The van der Waals surface area contributed by atoms with E-state index in [0.717, 1.165) is 53.3 Å². The van der Waals surface area contributed by atoms with Gasteiger partial charge in [-0.2, -0.15) is 0 Å². The van der Waals surface area contributed by atoms with Crippen LogP contribution in [-0.4, -0.2) is 39.5 Å². The zero-order chi connectivity index (χ0) is 25.8. The van der Waals surface area contributed by atoms with Gasteiger partial charge in [-0.25, -0.2) is 0 Å². The number of carbonyl (C=O) groups excluding carboxylic acids is 1. The average Bonchev–Trinajstić information content (AvgIpc) is 3.33. The summed E-state index contributed by atoms with van der Waals surface area (Å²) in [6.45, 7) is 9.61. The predicted octanol–water partition coefficient (Wildman–Crippen LogP) is 5.46. The summed E-state index contributed by atoms with van der Waals surface area (Å²) in [6.07, 6.45) is 4.75. The molecule has 0 bridgehead atoms. The number of nitrogens with two attached hydrogens (primary N) is 1. The summed E-state index contributed by atoms with van der Waals surface area (Å²) in [4.78, 5) is 19.9. The van der Waals surface area contributed by atoms with Crippen LogP contribution in [0.3, 0.4) is 0 Å². The number of halogens is 1. The van der Waals surface area contributed by atoms with Gasteiger partial charge in [-0.15, -0.1) is 21.5 Å². The van der Waals surface area contributed by atoms with Crippen LogP contribution in [0.1, 0.15) is 78.3 Å². The normalized spacial score (nSPS) is 15.6. The number of aromatic nitrogens is 3. The van der Waals surface area contributed by atoms with Crippen LogP contribution in [0.25, 0.3) is 5.00 Å².